The van der Waals surface area contributed by atoms with Crippen LogP contribution in [0.2, 0.25) is 0 Å². The summed E-state index contributed by atoms with van der Waals surface area (Å²) in [6.07, 6.45) is 3.50. The lowest BCUT2D eigenvalue weighted by Crippen LogP contribution is -2.48. The van der Waals surface area contributed by atoms with Crippen molar-refractivity contribution in [2.45, 2.75) is 13.8 Å². The van der Waals surface area contributed by atoms with Gasteiger partial charge < -0.3 is 9.80 Å². The van der Waals surface area contributed by atoms with Crippen molar-refractivity contribution in [1.82, 2.24) is 14.9 Å². The number of hydrogen-bond acceptors (Lipinski definition) is 5. The third-order valence-electron chi connectivity index (χ3n) is 3.70. The average molecular weight is 328 g/mol. The van der Waals surface area contributed by atoms with E-state index in [-0.39, 0.29) is 5.91 Å². The van der Waals surface area contributed by atoms with E-state index in [0.717, 1.165) is 35.2 Å². The van der Waals surface area contributed by atoms with E-state index in [4.69, 9.17) is 0 Å². The molecule has 2 aromatic heterocycles. The molecule has 1 aliphatic heterocycles. The Morgan fingerprint density at radius 2 is 2.00 bits per heavy atom. The van der Waals surface area contributed by atoms with Crippen LogP contribution in [-0.2, 0) is 4.79 Å². The topological polar surface area (TPSA) is 49.3 Å². The van der Waals surface area contributed by atoms with Crippen molar-refractivity contribution in [2.75, 3.05) is 31.1 Å². The Morgan fingerprint density at radius 1 is 1.22 bits per heavy atom. The Labute approximate surface area is 140 Å². The van der Waals surface area contributed by atoms with Gasteiger partial charge in [-0.25, -0.2) is 9.97 Å². The second-order valence-electron chi connectivity index (χ2n) is 5.75. The third-order valence-corrected chi connectivity index (χ3v) is 4.60. The zero-order valence-corrected chi connectivity index (χ0v) is 14.2. The molecule has 0 saturated carbocycles. The average Bonchev–Trinajstić information content (AvgIpc) is 3.09. The van der Waals surface area contributed by atoms with Gasteiger partial charge in [0.05, 0.1) is 10.6 Å². The molecule has 0 atom stereocenters. The van der Waals surface area contributed by atoms with Gasteiger partial charge in [-0.1, -0.05) is 11.6 Å². The van der Waals surface area contributed by atoms with Crippen molar-refractivity contribution in [3.05, 3.63) is 41.4 Å². The minimum Gasteiger partial charge on any atom is -0.337 e. The second kappa shape index (κ2) is 6.91. The molecule has 0 aromatic carbocycles. The van der Waals surface area contributed by atoms with Crippen molar-refractivity contribution in [2.24, 2.45) is 0 Å². The number of carbonyl (C=O) groups excluding carboxylic acids is 1. The molecule has 0 bridgehead atoms. The highest BCUT2D eigenvalue weighted by Crippen LogP contribution is 2.24. The summed E-state index contributed by atoms with van der Waals surface area (Å²) in [6.45, 7) is 6.81. The van der Waals surface area contributed by atoms with Crippen molar-refractivity contribution < 1.29 is 4.79 Å². The number of amides is 1. The van der Waals surface area contributed by atoms with E-state index in [1.54, 1.807) is 23.6 Å². The van der Waals surface area contributed by atoms with Gasteiger partial charge in [0.2, 0.25) is 11.9 Å². The van der Waals surface area contributed by atoms with Crippen LogP contribution in [-0.4, -0.2) is 47.0 Å². The molecule has 0 radical (unpaired) electrons. The largest absolute Gasteiger partial charge is 0.337 e. The number of piperazine rings is 1. The SMILES string of the molecule is CC(C)=CC(=O)N1CCN(c2nccc(-c3cccs3)n2)CC1. The van der Waals surface area contributed by atoms with Crippen LogP contribution < -0.4 is 4.90 Å². The summed E-state index contributed by atoms with van der Waals surface area (Å²) < 4.78 is 0. The molecule has 6 heteroatoms. The first kappa shape index (κ1) is 15.7. The number of aromatic nitrogens is 2. The lowest BCUT2D eigenvalue weighted by atomic mass is 10.2. The maximum absolute atomic E-state index is 12.1. The summed E-state index contributed by atoms with van der Waals surface area (Å²) in [4.78, 5) is 26.3. The molecule has 120 valence electrons. The van der Waals surface area contributed by atoms with Crippen LogP contribution in [0.25, 0.3) is 10.6 Å². The van der Waals surface area contributed by atoms with Crippen LogP contribution >= 0.6 is 11.3 Å². The number of anilines is 1. The number of hydrogen-bond donors (Lipinski definition) is 0. The summed E-state index contributed by atoms with van der Waals surface area (Å²) >= 11 is 1.67. The lowest BCUT2D eigenvalue weighted by Gasteiger charge is -2.34. The summed E-state index contributed by atoms with van der Waals surface area (Å²) in [5, 5.41) is 2.05. The summed E-state index contributed by atoms with van der Waals surface area (Å²) in [5.41, 5.74) is 1.98. The number of rotatable bonds is 3. The van der Waals surface area contributed by atoms with E-state index in [2.05, 4.69) is 20.9 Å². The quantitative estimate of drug-likeness (QED) is 0.813. The molecule has 1 amide bonds. The van der Waals surface area contributed by atoms with Gasteiger partial charge in [-0.2, -0.15) is 0 Å². The molecule has 1 saturated heterocycles. The Balaban J connectivity index is 1.67. The zero-order chi connectivity index (χ0) is 16.2. The molecule has 5 nitrogen and oxygen atoms in total. The number of nitrogens with zero attached hydrogens (tertiary/aromatic N) is 4. The fraction of sp³-hybridized carbons (Fsp3) is 0.353. The maximum Gasteiger partial charge on any atom is 0.246 e. The molecule has 0 N–H and O–H groups in total. The maximum atomic E-state index is 12.1. The van der Waals surface area contributed by atoms with E-state index >= 15 is 0 Å². The van der Waals surface area contributed by atoms with E-state index < -0.39 is 0 Å². The van der Waals surface area contributed by atoms with Gasteiger partial charge in [-0.15, -0.1) is 11.3 Å². The highest BCUT2D eigenvalue weighted by atomic mass is 32.1. The van der Waals surface area contributed by atoms with Crippen molar-refractivity contribution in [1.29, 1.82) is 0 Å². The molecule has 2 aromatic rings. The molecule has 1 aliphatic rings. The van der Waals surface area contributed by atoms with E-state index in [0.29, 0.717) is 13.1 Å². The van der Waals surface area contributed by atoms with E-state index in [9.17, 15) is 4.79 Å². The minimum atomic E-state index is 0.0953. The number of allylic oxidation sites excluding steroid dienone is 1. The van der Waals surface area contributed by atoms with Gasteiger partial charge in [0.15, 0.2) is 0 Å². The first-order valence-corrected chi connectivity index (χ1v) is 8.57. The Bertz CT molecular complexity index is 699. The fourth-order valence-corrected chi connectivity index (χ4v) is 3.22. The van der Waals surface area contributed by atoms with Crippen molar-refractivity contribution in [3.63, 3.8) is 0 Å². The fourth-order valence-electron chi connectivity index (χ4n) is 2.53. The summed E-state index contributed by atoms with van der Waals surface area (Å²) in [5.74, 6) is 0.836. The molecule has 3 heterocycles. The van der Waals surface area contributed by atoms with E-state index in [1.807, 2.05) is 36.3 Å². The highest BCUT2D eigenvalue weighted by Gasteiger charge is 2.21. The first-order chi connectivity index (χ1) is 11.1. The summed E-state index contributed by atoms with van der Waals surface area (Å²) in [7, 11) is 0. The second-order valence-corrected chi connectivity index (χ2v) is 6.70. The van der Waals surface area contributed by atoms with Gasteiger partial charge in [-0.05, 0) is 31.4 Å². The van der Waals surface area contributed by atoms with Crippen LogP contribution in [0.15, 0.2) is 41.4 Å². The van der Waals surface area contributed by atoms with Gasteiger partial charge in [0.25, 0.3) is 0 Å². The molecule has 0 unspecified atom stereocenters. The third kappa shape index (κ3) is 3.76. The summed E-state index contributed by atoms with van der Waals surface area (Å²) in [6, 6.07) is 6.02. The molecule has 23 heavy (non-hydrogen) atoms. The van der Waals surface area contributed by atoms with Gasteiger partial charge in [0.1, 0.15) is 0 Å². The molecule has 0 spiro atoms. The molecule has 0 aliphatic carbocycles. The van der Waals surface area contributed by atoms with Crippen molar-refractivity contribution >= 4 is 23.2 Å². The number of thiophene rings is 1. The normalized spacial score (nSPS) is 14.7. The van der Waals surface area contributed by atoms with Crippen LogP contribution in [0.4, 0.5) is 5.95 Å². The molecular weight excluding hydrogens is 308 g/mol. The molecular formula is C17H20N4OS. The first-order valence-electron chi connectivity index (χ1n) is 7.69. The molecule has 3 rings (SSSR count). The van der Waals surface area contributed by atoms with Crippen LogP contribution in [0.1, 0.15) is 13.8 Å². The van der Waals surface area contributed by atoms with Crippen molar-refractivity contribution in [3.8, 4) is 10.6 Å². The van der Waals surface area contributed by atoms with Gasteiger partial charge in [-0.3, -0.25) is 4.79 Å². The van der Waals surface area contributed by atoms with E-state index in [1.165, 1.54) is 0 Å². The van der Waals surface area contributed by atoms with Crippen LogP contribution in [0.5, 0.6) is 0 Å². The van der Waals surface area contributed by atoms with Gasteiger partial charge in [0, 0.05) is 38.5 Å². The zero-order valence-electron chi connectivity index (χ0n) is 13.4. The predicted molar refractivity (Wildman–Crippen MR) is 93.6 cm³/mol. The minimum absolute atomic E-state index is 0.0953. The van der Waals surface area contributed by atoms with Gasteiger partial charge >= 0.3 is 0 Å². The Kier molecular flexibility index (Phi) is 4.71. The van der Waals surface area contributed by atoms with Crippen LogP contribution in [0, 0.1) is 0 Å². The Hall–Kier alpha value is -2.21. The number of carbonyl (C=O) groups is 1. The highest BCUT2D eigenvalue weighted by molar-refractivity contribution is 7.13. The lowest BCUT2D eigenvalue weighted by molar-refractivity contribution is -0.126. The predicted octanol–water partition coefficient (Wildman–Crippen LogP) is 2.82. The molecule has 1 fully saturated rings. The standard InChI is InChI=1S/C17H20N4OS/c1-13(2)12-16(22)20-7-9-21(10-8-20)17-18-6-5-14(19-17)15-4-3-11-23-15/h3-6,11-12H,7-10H2,1-2H3. The van der Waals surface area contributed by atoms with Crippen LogP contribution in [0.3, 0.4) is 0 Å². The Morgan fingerprint density at radius 3 is 2.65 bits per heavy atom. The monoisotopic (exact) mass is 328 g/mol. The smallest absolute Gasteiger partial charge is 0.246 e.